The van der Waals surface area contributed by atoms with Crippen molar-refractivity contribution in [1.29, 1.82) is 0 Å². The van der Waals surface area contributed by atoms with Gasteiger partial charge in [-0.25, -0.2) is 0 Å². The summed E-state index contributed by atoms with van der Waals surface area (Å²) in [6, 6.07) is 15.4. The van der Waals surface area contributed by atoms with Gasteiger partial charge in [-0.15, -0.1) is 0 Å². The first-order valence-corrected chi connectivity index (χ1v) is 13.8. The van der Waals surface area contributed by atoms with Gasteiger partial charge in [-0.1, -0.05) is 44.0 Å². The molecule has 0 saturated heterocycles. The summed E-state index contributed by atoms with van der Waals surface area (Å²) < 4.78 is 52.0. The molecule has 0 bridgehead atoms. The highest BCUT2D eigenvalue weighted by Crippen LogP contribution is 2.36. The van der Waals surface area contributed by atoms with Gasteiger partial charge in [0.05, 0.1) is 17.7 Å². The van der Waals surface area contributed by atoms with Gasteiger partial charge in [-0.05, 0) is 70.0 Å². The summed E-state index contributed by atoms with van der Waals surface area (Å²) in [5.41, 5.74) is 0.106. The van der Waals surface area contributed by atoms with E-state index in [2.05, 4.69) is 17.2 Å². The number of unbranched alkanes of at least 4 members (excludes halogenated alkanes) is 2. The molecule has 1 atom stereocenters. The van der Waals surface area contributed by atoms with Gasteiger partial charge >= 0.3 is 12.1 Å². The Balaban J connectivity index is 1.68. The highest BCUT2D eigenvalue weighted by Gasteiger charge is 2.33. The standard InChI is InChI=1S/C32H37F3N2O4/c1-5-6-7-12-28(23-15-18-27(37-21-23)25-10-8-9-11-26(25)32(33,34)35)40-24-16-13-22(14-17-24)30(39)36-20-19-29(38)41-31(2,3)4/h8-11,13-18,21,28H,5-7,12,19-20H2,1-4H3,(H,36,39). The van der Waals surface area contributed by atoms with E-state index in [4.69, 9.17) is 9.47 Å². The first kappa shape index (κ1) is 31.6. The Morgan fingerprint density at radius 1 is 0.951 bits per heavy atom. The van der Waals surface area contributed by atoms with Crippen molar-refractivity contribution >= 4 is 11.9 Å². The van der Waals surface area contributed by atoms with Crippen LogP contribution in [-0.2, 0) is 15.7 Å². The Hall–Kier alpha value is -3.88. The van der Waals surface area contributed by atoms with Gasteiger partial charge < -0.3 is 14.8 Å². The Labute approximate surface area is 239 Å². The molecule has 0 aliphatic heterocycles. The van der Waals surface area contributed by atoms with Crippen molar-refractivity contribution in [2.24, 2.45) is 0 Å². The normalized spacial score (nSPS) is 12.5. The fraction of sp³-hybridized carbons (Fsp3) is 0.406. The van der Waals surface area contributed by atoms with Crippen LogP contribution in [0.5, 0.6) is 5.75 Å². The van der Waals surface area contributed by atoms with E-state index in [9.17, 15) is 22.8 Å². The average Bonchev–Trinajstić information content (AvgIpc) is 2.91. The van der Waals surface area contributed by atoms with Gasteiger partial charge in [0.2, 0.25) is 0 Å². The van der Waals surface area contributed by atoms with Crippen LogP contribution < -0.4 is 10.1 Å². The molecule has 0 spiro atoms. The van der Waals surface area contributed by atoms with Gasteiger partial charge in [-0.3, -0.25) is 14.6 Å². The maximum Gasteiger partial charge on any atom is 0.417 e. The SMILES string of the molecule is CCCCCC(Oc1ccc(C(=O)NCCC(=O)OC(C)(C)C)cc1)c1ccc(-c2ccccc2C(F)(F)F)nc1. The van der Waals surface area contributed by atoms with Crippen LogP contribution >= 0.6 is 0 Å². The lowest BCUT2D eigenvalue weighted by atomic mass is 10.0. The number of rotatable bonds is 12. The minimum atomic E-state index is -4.48. The molecule has 3 aromatic rings. The van der Waals surface area contributed by atoms with Crippen molar-refractivity contribution in [3.05, 3.63) is 83.6 Å². The highest BCUT2D eigenvalue weighted by molar-refractivity contribution is 5.94. The molecule has 0 aliphatic carbocycles. The summed E-state index contributed by atoms with van der Waals surface area (Å²) in [4.78, 5) is 28.7. The number of carbonyl (C=O) groups excluding carboxylic acids is 2. The summed E-state index contributed by atoms with van der Waals surface area (Å²) in [7, 11) is 0. The van der Waals surface area contributed by atoms with Crippen molar-refractivity contribution in [3.8, 4) is 17.0 Å². The number of alkyl halides is 3. The second-order valence-electron chi connectivity index (χ2n) is 10.7. The molecule has 1 heterocycles. The number of amides is 1. The predicted octanol–water partition coefficient (Wildman–Crippen LogP) is 7.93. The number of nitrogens with one attached hydrogen (secondary N) is 1. The van der Waals surface area contributed by atoms with Crippen LogP contribution in [0.25, 0.3) is 11.3 Å². The van der Waals surface area contributed by atoms with E-state index in [1.54, 1.807) is 69.4 Å². The van der Waals surface area contributed by atoms with E-state index >= 15 is 0 Å². The zero-order chi connectivity index (χ0) is 30.0. The smallest absolute Gasteiger partial charge is 0.417 e. The van der Waals surface area contributed by atoms with Crippen molar-refractivity contribution in [2.75, 3.05) is 6.54 Å². The third kappa shape index (κ3) is 9.92. The Kier molecular flexibility index (Phi) is 10.9. The molecule has 1 aromatic heterocycles. The molecule has 9 heteroatoms. The third-order valence-electron chi connectivity index (χ3n) is 6.17. The van der Waals surface area contributed by atoms with Crippen LogP contribution in [0.3, 0.4) is 0 Å². The van der Waals surface area contributed by atoms with Crippen molar-refractivity contribution in [2.45, 2.75) is 77.7 Å². The summed E-state index contributed by atoms with van der Waals surface area (Å²) in [5, 5.41) is 2.71. The second kappa shape index (κ2) is 14.1. The Morgan fingerprint density at radius 2 is 1.66 bits per heavy atom. The van der Waals surface area contributed by atoms with Crippen LogP contribution in [0.15, 0.2) is 66.9 Å². The van der Waals surface area contributed by atoms with Crippen molar-refractivity contribution in [1.82, 2.24) is 10.3 Å². The van der Waals surface area contributed by atoms with Crippen LogP contribution in [0, 0.1) is 0 Å². The van der Waals surface area contributed by atoms with E-state index in [-0.39, 0.29) is 42.2 Å². The zero-order valence-corrected chi connectivity index (χ0v) is 23.9. The number of pyridine rings is 1. The van der Waals surface area contributed by atoms with E-state index in [1.165, 1.54) is 12.1 Å². The maximum atomic E-state index is 13.5. The summed E-state index contributed by atoms with van der Waals surface area (Å²) in [6.45, 7) is 7.60. The minimum Gasteiger partial charge on any atom is -0.486 e. The number of halogens is 3. The zero-order valence-electron chi connectivity index (χ0n) is 23.9. The van der Waals surface area contributed by atoms with Crippen LogP contribution in [0.1, 0.15) is 87.4 Å². The number of nitrogens with zero attached hydrogens (tertiary/aromatic N) is 1. The van der Waals surface area contributed by atoms with Gasteiger partial charge in [0.25, 0.3) is 5.91 Å². The molecule has 0 saturated carbocycles. The summed E-state index contributed by atoms with van der Waals surface area (Å²) in [5.74, 6) is -0.162. The largest absolute Gasteiger partial charge is 0.486 e. The second-order valence-corrected chi connectivity index (χ2v) is 10.7. The minimum absolute atomic E-state index is 0.0231. The van der Waals surface area contributed by atoms with E-state index in [1.807, 2.05) is 0 Å². The number of benzene rings is 2. The summed E-state index contributed by atoms with van der Waals surface area (Å²) in [6.07, 6.45) is 0.407. The molecule has 3 rings (SSSR count). The first-order chi connectivity index (χ1) is 19.4. The topological polar surface area (TPSA) is 77.5 Å². The summed E-state index contributed by atoms with van der Waals surface area (Å²) >= 11 is 0. The molecule has 41 heavy (non-hydrogen) atoms. The lowest BCUT2D eigenvalue weighted by molar-refractivity contribution is -0.154. The lowest BCUT2D eigenvalue weighted by Crippen LogP contribution is -2.29. The van der Waals surface area contributed by atoms with Crippen molar-refractivity contribution < 1.29 is 32.2 Å². The molecule has 0 radical (unpaired) electrons. The molecule has 0 aliphatic rings. The van der Waals surface area contributed by atoms with Gasteiger partial charge in [0, 0.05) is 29.4 Å². The van der Waals surface area contributed by atoms with Crippen LogP contribution in [-0.4, -0.2) is 29.0 Å². The molecule has 1 N–H and O–H groups in total. The van der Waals surface area contributed by atoms with E-state index < -0.39 is 17.3 Å². The average molecular weight is 571 g/mol. The number of carbonyl (C=O) groups is 2. The number of hydrogen-bond donors (Lipinski definition) is 1. The first-order valence-electron chi connectivity index (χ1n) is 13.8. The molecular weight excluding hydrogens is 533 g/mol. The maximum absolute atomic E-state index is 13.5. The van der Waals surface area contributed by atoms with Crippen molar-refractivity contribution in [3.63, 3.8) is 0 Å². The van der Waals surface area contributed by atoms with Gasteiger partial charge in [-0.2, -0.15) is 13.2 Å². The number of hydrogen-bond acceptors (Lipinski definition) is 5. The fourth-order valence-electron chi connectivity index (χ4n) is 4.20. The molecule has 2 aromatic carbocycles. The molecule has 6 nitrogen and oxygen atoms in total. The third-order valence-corrected chi connectivity index (χ3v) is 6.17. The molecule has 0 fully saturated rings. The molecule has 1 amide bonds. The van der Waals surface area contributed by atoms with Crippen LogP contribution in [0.2, 0.25) is 0 Å². The Morgan fingerprint density at radius 3 is 2.27 bits per heavy atom. The van der Waals surface area contributed by atoms with Gasteiger partial charge in [0.1, 0.15) is 17.5 Å². The molecular formula is C32H37F3N2O4. The predicted molar refractivity (Wildman–Crippen MR) is 151 cm³/mol. The van der Waals surface area contributed by atoms with Gasteiger partial charge in [0.15, 0.2) is 0 Å². The quantitative estimate of drug-likeness (QED) is 0.177. The lowest BCUT2D eigenvalue weighted by Gasteiger charge is -2.20. The number of aromatic nitrogens is 1. The molecule has 1 unspecified atom stereocenters. The highest BCUT2D eigenvalue weighted by atomic mass is 19.4. The fourth-order valence-corrected chi connectivity index (χ4v) is 4.20. The van der Waals surface area contributed by atoms with E-state index in [0.29, 0.717) is 17.7 Å². The Bertz CT molecular complexity index is 1280. The monoisotopic (exact) mass is 570 g/mol. The number of ether oxygens (including phenoxy) is 2. The van der Waals surface area contributed by atoms with Crippen LogP contribution in [0.4, 0.5) is 13.2 Å². The molecule has 220 valence electrons. The number of esters is 1. The van der Waals surface area contributed by atoms with E-state index in [0.717, 1.165) is 30.9 Å².